The fourth-order valence-electron chi connectivity index (χ4n) is 3.45. The number of hydrogen-bond donors (Lipinski definition) is 0. The highest BCUT2D eigenvalue weighted by Crippen LogP contribution is 2.25. The summed E-state index contributed by atoms with van der Waals surface area (Å²) in [4.78, 5) is 18.9. The molecule has 1 amide bonds. The van der Waals surface area contributed by atoms with Crippen molar-refractivity contribution in [3.63, 3.8) is 0 Å². The second-order valence-corrected chi connectivity index (χ2v) is 6.33. The van der Waals surface area contributed by atoms with Gasteiger partial charge in [0.15, 0.2) is 0 Å². The first-order valence-corrected chi connectivity index (χ1v) is 8.37. The number of carbonyl (C=O) groups excluding carboxylic acids is 1. The van der Waals surface area contributed by atoms with Gasteiger partial charge in [-0.1, -0.05) is 0 Å². The Balaban J connectivity index is 1.52. The van der Waals surface area contributed by atoms with E-state index >= 15 is 0 Å². The smallest absolute Gasteiger partial charge is 0.333 e. The van der Waals surface area contributed by atoms with E-state index in [0.29, 0.717) is 49.5 Å². The van der Waals surface area contributed by atoms with E-state index < -0.39 is 6.55 Å². The number of hydrogen-bond acceptors (Lipinski definition) is 4. The predicted molar refractivity (Wildman–Crippen MR) is 83.9 cm³/mol. The van der Waals surface area contributed by atoms with Gasteiger partial charge in [0, 0.05) is 44.4 Å². The topological polar surface area (TPSA) is 65.2 Å². The van der Waals surface area contributed by atoms with Gasteiger partial charge in [0.1, 0.15) is 5.82 Å². The van der Waals surface area contributed by atoms with Crippen molar-refractivity contribution in [3.8, 4) is 11.3 Å². The maximum atomic E-state index is 12.7. The van der Waals surface area contributed by atoms with E-state index in [2.05, 4.69) is 10.1 Å². The quantitative estimate of drug-likeness (QED) is 0.842. The largest absolute Gasteiger partial charge is 0.381 e. The zero-order valence-corrected chi connectivity index (χ0v) is 13.6. The van der Waals surface area contributed by atoms with E-state index in [1.54, 1.807) is 6.20 Å². The molecule has 0 aliphatic carbocycles. The van der Waals surface area contributed by atoms with Gasteiger partial charge in [0.25, 0.3) is 0 Å². The summed E-state index contributed by atoms with van der Waals surface area (Å²) in [6, 6.07) is 0. The van der Waals surface area contributed by atoms with Crippen molar-refractivity contribution in [2.75, 3.05) is 26.3 Å². The third-order valence-electron chi connectivity index (χ3n) is 4.82. The second-order valence-electron chi connectivity index (χ2n) is 6.33. The second kappa shape index (κ2) is 6.55. The van der Waals surface area contributed by atoms with Gasteiger partial charge in [0.05, 0.1) is 30.6 Å². The SMILES string of the molecule is O=C([C@H]1CCOC1)N1CCc2ncc(-c3cnn(C(F)F)c3)n2CC1. The number of alkyl halides is 2. The molecule has 4 rings (SSSR count). The minimum Gasteiger partial charge on any atom is -0.381 e. The molecule has 9 heteroatoms. The van der Waals surface area contributed by atoms with Crippen molar-refractivity contribution >= 4 is 5.91 Å². The molecule has 0 N–H and O–H groups in total. The summed E-state index contributed by atoms with van der Waals surface area (Å²) in [5.74, 6) is 0.947. The van der Waals surface area contributed by atoms with E-state index in [0.717, 1.165) is 17.9 Å². The number of rotatable bonds is 3. The van der Waals surface area contributed by atoms with Crippen LogP contribution in [0.25, 0.3) is 11.3 Å². The molecule has 2 aliphatic rings. The normalized spacial score (nSPS) is 20.8. The Kier molecular flexibility index (Phi) is 4.24. The van der Waals surface area contributed by atoms with Gasteiger partial charge in [-0.15, -0.1) is 0 Å². The van der Waals surface area contributed by atoms with Gasteiger partial charge in [-0.05, 0) is 6.42 Å². The molecule has 7 nitrogen and oxygen atoms in total. The summed E-state index contributed by atoms with van der Waals surface area (Å²) in [6.45, 7) is 0.255. The molecule has 134 valence electrons. The molecule has 4 heterocycles. The van der Waals surface area contributed by atoms with E-state index in [1.807, 2.05) is 9.47 Å². The van der Waals surface area contributed by atoms with Crippen molar-refractivity contribution in [2.24, 2.45) is 5.92 Å². The summed E-state index contributed by atoms with van der Waals surface area (Å²) < 4.78 is 33.4. The molecule has 0 aromatic carbocycles. The van der Waals surface area contributed by atoms with Crippen molar-refractivity contribution in [1.82, 2.24) is 24.2 Å². The van der Waals surface area contributed by atoms with Crippen molar-refractivity contribution < 1.29 is 18.3 Å². The van der Waals surface area contributed by atoms with Crippen LogP contribution in [0.5, 0.6) is 0 Å². The number of fused-ring (bicyclic) bond motifs is 1. The summed E-state index contributed by atoms with van der Waals surface area (Å²) in [5.41, 5.74) is 1.35. The van der Waals surface area contributed by atoms with Crippen LogP contribution < -0.4 is 0 Å². The molecule has 2 aromatic rings. The van der Waals surface area contributed by atoms with Crippen LogP contribution in [-0.4, -0.2) is 56.4 Å². The lowest BCUT2D eigenvalue weighted by molar-refractivity contribution is -0.135. The molecule has 0 bridgehead atoms. The number of carbonyl (C=O) groups is 1. The van der Waals surface area contributed by atoms with Gasteiger partial charge in [0.2, 0.25) is 5.91 Å². The molecule has 1 saturated heterocycles. The fourth-order valence-corrected chi connectivity index (χ4v) is 3.45. The predicted octanol–water partition coefficient (Wildman–Crippen LogP) is 1.56. The fraction of sp³-hybridized carbons (Fsp3) is 0.562. The zero-order valence-electron chi connectivity index (χ0n) is 13.6. The average molecular weight is 351 g/mol. The van der Waals surface area contributed by atoms with Crippen LogP contribution in [0.3, 0.4) is 0 Å². The highest BCUT2D eigenvalue weighted by molar-refractivity contribution is 5.79. The Morgan fingerprint density at radius 1 is 1.28 bits per heavy atom. The molecule has 0 unspecified atom stereocenters. The van der Waals surface area contributed by atoms with Crippen LogP contribution >= 0.6 is 0 Å². The molecule has 0 saturated carbocycles. The van der Waals surface area contributed by atoms with Gasteiger partial charge in [-0.25, -0.2) is 9.67 Å². The van der Waals surface area contributed by atoms with E-state index in [4.69, 9.17) is 4.74 Å². The zero-order chi connectivity index (χ0) is 17.4. The Morgan fingerprint density at radius 3 is 2.88 bits per heavy atom. The number of halogens is 2. The third-order valence-corrected chi connectivity index (χ3v) is 4.82. The molecule has 2 aromatic heterocycles. The third kappa shape index (κ3) is 3.04. The van der Waals surface area contributed by atoms with Gasteiger partial charge < -0.3 is 14.2 Å². The molecule has 1 atom stereocenters. The lowest BCUT2D eigenvalue weighted by Gasteiger charge is -2.23. The summed E-state index contributed by atoms with van der Waals surface area (Å²) >= 11 is 0. The standard InChI is InChI=1S/C16H19F2N5O2/c17-16(18)23-9-12(7-20-23)13-8-19-14-1-3-21(4-5-22(13)14)15(24)11-2-6-25-10-11/h7-9,11,16H,1-6,10H2/t11-/m0/s1. The number of aromatic nitrogens is 4. The van der Waals surface area contributed by atoms with Crippen LogP contribution in [-0.2, 0) is 22.5 Å². The monoisotopic (exact) mass is 351 g/mol. The maximum Gasteiger partial charge on any atom is 0.333 e. The minimum absolute atomic E-state index is 0.0471. The lowest BCUT2D eigenvalue weighted by atomic mass is 10.1. The first kappa shape index (κ1) is 16.2. The Hall–Kier alpha value is -2.29. The molecule has 0 radical (unpaired) electrons. The van der Waals surface area contributed by atoms with E-state index in [9.17, 15) is 13.6 Å². The summed E-state index contributed by atoms with van der Waals surface area (Å²) in [5, 5.41) is 3.69. The van der Waals surface area contributed by atoms with Gasteiger partial charge in [-0.2, -0.15) is 13.9 Å². The van der Waals surface area contributed by atoms with Crippen LogP contribution in [0.4, 0.5) is 8.78 Å². The van der Waals surface area contributed by atoms with Crippen LogP contribution in [0.1, 0.15) is 18.8 Å². The van der Waals surface area contributed by atoms with Crippen LogP contribution in [0, 0.1) is 5.92 Å². The van der Waals surface area contributed by atoms with Gasteiger partial charge >= 0.3 is 6.55 Å². The highest BCUT2D eigenvalue weighted by Gasteiger charge is 2.29. The Labute approximate surface area is 143 Å². The number of nitrogens with zero attached hydrogens (tertiary/aromatic N) is 5. The number of amides is 1. The highest BCUT2D eigenvalue weighted by atomic mass is 19.3. The first-order chi connectivity index (χ1) is 12.1. The first-order valence-electron chi connectivity index (χ1n) is 8.37. The summed E-state index contributed by atoms with van der Waals surface area (Å²) in [7, 11) is 0. The molecular weight excluding hydrogens is 332 g/mol. The minimum atomic E-state index is -2.66. The lowest BCUT2D eigenvalue weighted by Crippen LogP contribution is -2.38. The van der Waals surface area contributed by atoms with Crippen molar-refractivity contribution in [3.05, 3.63) is 24.4 Å². The van der Waals surface area contributed by atoms with Crippen LogP contribution in [0.2, 0.25) is 0 Å². The van der Waals surface area contributed by atoms with Crippen LogP contribution in [0.15, 0.2) is 18.6 Å². The van der Waals surface area contributed by atoms with E-state index in [-0.39, 0.29) is 11.8 Å². The molecule has 1 fully saturated rings. The van der Waals surface area contributed by atoms with Crippen molar-refractivity contribution in [2.45, 2.75) is 25.9 Å². The average Bonchev–Trinajstić information content (AvgIpc) is 3.32. The van der Waals surface area contributed by atoms with E-state index in [1.165, 1.54) is 12.4 Å². The summed E-state index contributed by atoms with van der Waals surface area (Å²) in [6.07, 6.45) is 5.84. The number of imidazole rings is 1. The molecular formula is C16H19F2N5O2. The number of ether oxygens (including phenoxy) is 1. The van der Waals surface area contributed by atoms with Gasteiger partial charge in [-0.3, -0.25) is 4.79 Å². The maximum absolute atomic E-state index is 12.7. The van der Waals surface area contributed by atoms with Crippen molar-refractivity contribution in [1.29, 1.82) is 0 Å². The Morgan fingerprint density at radius 2 is 2.16 bits per heavy atom. The molecule has 2 aliphatic heterocycles. The molecule has 25 heavy (non-hydrogen) atoms. The molecule has 0 spiro atoms. The Bertz CT molecular complexity index is 766.